The number of ketones is 1. The van der Waals surface area contributed by atoms with Crippen LogP contribution < -0.4 is 0 Å². The number of hydrogen-bond acceptors (Lipinski definition) is 2. The Morgan fingerprint density at radius 3 is 2.64 bits per heavy atom. The molecule has 1 heterocycles. The molecule has 0 saturated heterocycles. The number of thiophene rings is 1. The van der Waals surface area contributed by atoms with Gasteiger partial charge in [-0.15, -0.1) is 11.3 Å². The lowest BCUT2D eigenvalue weighted by Gasteiger charge is -2.01. The van der Waals surface area contributed by atoms with E-state index in [2.05, 4.69) is 0 Å². The van der Waals surface area contributed by atoms with Crippen LogP contribution in [0.5, 0.6) is 0 Å². The largest absolute Gasteiger partial charge is 0.293 e. The van der Waals surface area contributed by atoms with Crippen molar-refractivity contribution in [1.82, 2.24) is 0 Å². The van der Waals surface area contributed by atoms with Crippen LogP contribution in [-0.4, -0.2) is 5.78 Å². The van der Waals surface area contributed by atoms with Crippen LogP contribution in [0, 0.1) is 12.7 Å². The van der Waals surface area contributed by atoms with Crippen molar-refractivity contribution in [2.24, 2.45) is 0 Å². The SMILES string of the molecule is Cc1cccc(CC(=O)c2ccc(-c3cccc(F)c3)s2)c1. The molecule has 0 spiro atoms. The first kappa shape index (κ1) is 14.7. The molecule has 1 nitrogen and oxygen atoms in total. The summed E-state index contributed by atoms with van der Waals surface area (Å²) < 4.78 is 13.3. The molecule has 2 aromatic carbocycles. The topological polar surface area (TPSA) is 17.1 Å². The molecule has 0 bridgehead atoms. The number of halogens is 1. The van der Waals surface area contributed by atoms with Crippen LogP contribution in [0.15, 0.2) is 60.7 Å². The summed E-state index contributed by atoms with van der Waals surface area (Å²) in [5.41, 5.74) is 2.97. The van der Waals surface area contributed by atoms with Crippen molar-refractivity contribution < 1.29 is 9.18 Å². The highest BCUT2D eigenvalue weighted by atomic mass is 32.1. The number of carbonyl (C=O) groups is 1. The van der Waals surface area contributed by atoms with Crippen LogP contribution in [0.3, 0.4) is 0 Å². The fourth-order valence-corrected chi connectivity index (χ4v) is 3.32. The Morgan fingerprint density at radius 1 is 1.05 bits per heavy atom. The van der Waals surface area contributed by atoms with Gasteiger partial charge in [0.1, 0.15) is 5.82 Å². The zero-order valence-electron chi connectivity index (χ0n) is 12.2. The van der Waals surface area contributed by atoms with Crippen molar-refractivity contribution in [1.29, 1.82) is 0 Å². The second kappa shape index (κ2) is 6.24. The van der Waals surface area contributed by atoms with Crippen LogP contribution in [0.1, 0.15) is 20.8 Å². The van der Waals surface area contributed by atoms with Crippen molar-refractivity contribution in [3.8, 4) is 10.4 Å². The van der Waals surface area contributed by atoms with Crippen molar-refractivity contribution in [2.45, 2.75) is 13.3 Å². The van der Waals surface area contributed by atoms with Gasteiger partial charge in [-0.3, -0.25) is 4.79 Å². The third-order valence-electron chi connectivity index (χ3n) is 3.44. The highest BCUT2D eigenvalue weighted by molar-refractivity contribution is 7.17. The van der Waals surface area contributed by atoms with Gasteiger partial charge in [0.15, 0.2) is 5.78 Å². The van der Waals surface area contributed by atoms with E-state index in [1.165, 1.54) is 23.5 Å². The maximum absolute atomic E-state index is 13.3. The van der Waals surface area contributed by atoms with Crippen LogP contribution >= 0.6 is 11.3 Å². The normalized spacial score (nSPS) is 10.6. The smallest absolute Gasteiger partial charge is 0.177 e. The molecule has 0 aliphatic heterocycles. The summed E-state index contributed by atoms with van der Waals surface area (Å²) in [7, 11) is 0. The van der Waals surface area contributed by atoms with E-state index >= 15 is 0 Å². The van der Waals surface area contributed by atoms with Crippen molar-refractivity contribution in [2.75, 3.05) is 0 Å². The highest BCUT2D eigenvalue weighted by Crippen LogP contribution is 2.29. The molecule has 0 atom stereocenters. The number of hydrogen-bond donors (Lipinski definition) is 0. The average molecular weight is 310 g/mol. The Labute approximate surface area is 133 Å². The van der Waals surface area contributed by atoms with Gasteiger partial charge in [-0.2, -0.15) is 0 Å². The van der Waals surface area contributed by atoms with Crippen LogP contribution in [0.4, 0.5) is 4.39 Å². The number of rotatable bonds is 4. The zero-order valence-corrected chi connectivity index (χ0v) is 13.0. The monoisotopic (exact) mass is 310 g/mol. The number of carbonyl (C=O) groups excluding carboxylic acids is 1. The number of Topliss-reactive ketones (excluding diaryl/α,β-unsaturated/α-hetero) is 1. The maximum atomic E-state index is 13.3. The van der Waals surface area contributed by atoms with Crippen molar-refractivity contribution in [3.63, 3.8) is 0 Å². The Balaban J connectivity index is 1.80. The molecular weight excluding hydrogens is 295 g/mol. The van der Waals surface area contributed by atoms with Crippen LogP contribution in [0.2, 0.25) is 0 Å². The minimum Gasteiger partial charge on any atom is -0.293 e. The van der Waals surface area contributed by atoms with E-state index in [1.807, 2.05) is 49.4 Å². The van der Waals surface area contributed by atoms with Gasteiger partial charge in [0.25, 0.3) is 0 Å². The first-order valence-corrected chi connectivity index (χ1v) is 7.88. The molecule has 22 heavy (non-hydrogen) atoms. The molecule has 3 aromatic rings. The summed E-state index contributed by atoms with van der Waals surface area (Å²) in [4.78, 5) is 14.0. The third kappa shape index (κ3) is 3.31. The molecule has 0 N–H and O–H groups in total. The van der Waals surface area contributed by atoms with E-state index < -0.39 is 0 Å². The maximum Gasteiger partial charge on any atom is 0.177 e. The molecule has 0 aliphatic carbocycles. The lowest BCUT2D eigenvalue weighted by molar-refractivity contribution is 0.0997. The summed E-state index contributed by atoms with van der Waals surface area (Å²) >= 11 is 1.41. The van der Waals surface area contributed by atoms with Crippen molar-refractivity contribution in [3.05, 3.63) is 82.5 Å². The van der Waals surface area contributed by atoms with E-state index in [-0.39, 0.29) is 11.6 Å². The number of benzene rings is 2. The summed E-state index contributed by atoms with van der Waals surface area (Å²) in [6.07, 6.45) is 0.394. The van der Waals surface area contributed by atoms with E-state index in [0.29, 0.717) is 11.3 Å². The van der Waals surface area contributed by atoms with Gasteiger partial charge in [-0.25, -0.2) is 4.39 Å². The molecule has 0 unspecified atom stereocenters. The Morgan fingerprint density at radius 2 is 1.86 bits per heavy atom. The molecule has 0 radical (unpaired) electrons. The Hall–Kier alpha value is -2.26. The lowest BCUT2D eigenvalue weighted by atomic mass is 10.1. The predicted molar refractivity (Wildman–Crippen MR) is 88.9 cm³/mol. The summed E-state index contributed by atoms with van der Waals surface area (Å²) in [6.45, 7) is 2.02. The van der Waals surface area contributed by atoms with Crippen molar-refractivity contribution >= 4 is 17.1 Å². The average Bonchev–Trinajstić information content (AvgIpc) is 2.97. The first-order chi connectivity index (χ1) is 10.6. The van der Waals surface area contributed by atoms with Crippen LogP contribution in [-0.2, 0) is 6.42 Å². The van der Waals surface area contributed by atoms with Gasteiger partial charge in [0.2, 0.25) is 0 Å². The van der Waals surface area contributed by atoms with E-state index in [1.54, 1.807) is 6.07 Å². The van der Waals surface area contributed by atoms with Gasteiger partial charge >= 0.3 is 0 Å². The molecule has 0 aliphatic rings. The van der Waals surface area contributed by atoms with E-state index in [4.69, 9.17) is 0 Å². The molecule has 0 amide bonds. The van der Waals surface area contributed by atoms with Gasteiger partial charge in [0, 0.05) is 11.3 Å². The fraction of sp³-hybridized carbons (Fsp3) is 0.105. The molecule has 0 fully saturated rings. The predicted octanol–water partition coefficient (Wildman–Crippen LogP) is 5.29. The molecule has 3 heteroatoms. The van der Waals surface area contributed by atoms with E-state index in [9.17, 15) is 9.18 Å². The third-order valence-corrected chi connectivity index (χ3v) is 4.61. The van der Waals surface area contributed by atoms with Gasteiger partial charge in [0.05, 0.1) is 4.88 Å². The second-order valence-corrected chi connectivity index (χ2v) is 6.35. The highest BCUT2D eigenvalue weighted by Gasteiger charge is 2.11. The fourth-order valence-electron chi connectivity index (χ4n) is 2.38. The molecule has 0 saturated carbocycles. The van der Waals surface area contributed by atoms with Gasteiger partial charge < -0.3 is 0 Å². The minimum atomic E-state index is -0.265. The quantitative estimate of drug-likeness (QED) is 0.599. The van der Waals surface area contributed by atoms with Gasteiger partial charge in [-0.1, -0.05) is 42.0 Å². The number of aryl methyl sites for hydroxylation is 1. The molecule has 1 aromatic heterocycles. The molecular formula is C19H15FOS. The standard InChI is InChI=1S/C19H15FOS/c1-13-4-2-5-14(10-13)11-17(21)19-9-8-18(22-19)15-6-3-7-16(20)12-15/h2-10,12H,11H2,1H3. The first-order valence-electron chi connectivity index (χ1n) is 7.06. The van der Waals surface area contributed by atoms with E-state index in [0.717, 1.165) is 21.6 Å². The minimum absolute atomic E-state index is 0.0956. The molecule has 110 valence electrons. The zero-order chi connectivity index (χ0) is 15.5. The summed E-state index contributed by atoms with van der Waals surface area (Å²) in [5, 5.41) is 0. The summed E-state index contributed by atoms with van der Waals surface area (Å²) in [6, 6.07) is 18.1. The van der Waals surface area contributed by atoms with Crippen LogP contribution in [0.25, 0.3) is 10.4 Å². The Kier molecular flexibility index (Phi) is 4.16. The van der Waals surface area contributed by atoms with Gasteiger partial charge in [-0.05, 0) is 42.3 Å². The Bertz CT molecular complexity index is 820. The summed E-state index contributed by atoms with van der Waals surface area (Å²) in [5.74, 6) is -0.170. The molecule has 3 rings (SSSR count). The lowest BCUT2D eigenvalue weighted by Crippen LogP contribution is -2.01. The second-order valence-electron chi connectivity index (χ2n) is 5.26.